The van der Waals surface area contributed by atoms with Gasteiger partial charge in [-0.15, -0.1) is 0 Å². The first kappa shape index (κ1) is 42.1. The summed E-state index contributed by atoms with van der Waals surface area (Å²) in [6, 6.07) is 0. The summed E-state index contributed by atoms with van der Waals surface area (Å²) in [5.74, 6) is -12.3. The summed E-state index contributed by atoms with van der Waals surface area (Å²) in [6.07, 6.45) is -22.3. The maximum Gasteiger partial charge on any atom is 0.340 e. The number of ketones is 1. The van der Waals surface area contributed by atoms with Crippen LogP contribution in [0.1, 0.15) is 57.8 Å². The van der Waals surface area contributed by atoms with Crippen molar-refractivity contribution in [2.75, 3.05) is 6.54 Å². The van der Waals surface area contributed by atoms with E-state index in [1.54, 1.807) is 0 Å². The van der Waals surface area contributed by atoms with Crippen molar-refractivity contribution in [1.29, 1.82) is 0 Å². The van der Waals surface area contributed by atoms with Crippen LogP contribution < -0.4 is 16.2 Å². The molecule has 7 aliphatic rings. The molecular weight excluding hydrogens is 752 g/mol. The van der Waals surface area contributed by atoms with E-state index in [-0.39, 0.29) is 61.8 Å². The van der Waals surface area contributed by atoms with Crippen LogP contribution in [-0.2, 0) is 38.1 Å². The van der Waals surface area contributed by atoms with Crippen LogP contribution in [0, 0.1) is 29.6 Å². The molecule has 21 nitrogen and oxygen atoms in total. The van der Waals surface area contributed by atoms with Gasteiger partial charge in [-0.2, -0.15) is 0 Å². The van der Waals surface area contributed by atoms with Crippen molar-refractivity contribution in [1.82, 2.24) is 0 Å². The third-order valence-corrected chi connectivity index (χ3v) is 13.6. The molecule has 0 aromatic rings. The fourth-order valence-corrected chi connectivity index (χ4v) is 10.4. The molecular formula is C35H54N2O19. The van der Waals surface area contributed by atoms with Gasteiger partial charge in [0.1, 0.15) is 42.5 Å². The summed E-state index contributed by atoms with van der Waals surface area (Å²) < 4.78 is 29.0. The molecule has 11 unspecified atom stereocenters. The Labute approximate surface area is 320 Å². The predicted molar refractivity (Wildman–Crippen MR) is 175 cm³/mol. The lowest BCUT2D eigenvalue weighted by atomic mass is 9.62. The lowest BCUT2D eigenvalue weighted by molar-refractivity contribution is -0.704. The van der Waals surface area contributed by atoms with Crippen molar-refractivity contribution in [2.24, 2.45) is 35.3 Å². The van der Waals surface area contributed by atoms with E-state index in [9.17, 15) is 70.6 Å². The van der Waals surface area contributed by atoms with Crippen LogP contribution in [0.25, 0.3) is 0 Å². The number of rotatable bonds is 5. The molecule has 1 spiro atoms. The molecule has 21 heteroatoms. The van der Waals surface area contributed by atoms with Crippen LogP contribution in [-0.4, -0.2) is 179 Å². The first-order chi connectivity index (χ1) is 26.3. The van der Waals surface area contributed by atoms with Gasteiger partial charge >= 0.3 is 5.97 Å². The molecule has 0 bridgehead atoms. The highest BCUT2D eigenvalue weighted by atomic mass is 16.8. The number of hydrogen-bond acceptors (Lipinski definition) is 20. The number of nitrogens with two attached hydrogens (primary N) is 2. The van der Waals surface area contributed by atoms with Crippen LogP contribution in [0.5, 0.6) is 0 Å². The molecule has 5 heterocycles. The number of aliphatic hydroxyl groups excluding tert-OH is 8. The molecule has 5 aliphatic heterocycles. The second kappa shape index (κ2) is 15.9. The number of esters is 1. The number of aliphatic hydroxyl groups is 10. The minimum atomic E-state index is -3.56. The molecule has 56 heavy (non-hydrogen) atoms. The lowest BCUT2D eigenvalue weighted by Gasteiger charge is -2.53. The minimum Gasteiger partial charge on any atom is -0.547 e. The quantitative estimate of drug-likeness (QED) is 0.0906. The van der Waals surface area contributed by atoms with Gasteiger partial charge in [0, 0.05) is 37.5 Å². The number of carbonyl (C=O) groups is 3. The van der Waals surface area contributed by atoms with Crippen molar-refractivity contribution in [3.63, 3.8) is 0 Å². The van der Waals surface area contributed by atoms with Gasteiger partial charge in [0.2, 0.25) is 12.1 Å². The van der Waals surface area contributed by atoms with E-state index in [1.165, 1.54) is 0 Å². The number of piperidine rings is 1. The Kier molecular flexibility index (Phi) is 11.9. The van der Waals surface area contributed by atoms with E-state index in [1.807, 2.05) is 5.32 Å². The average molecular weight is 807 g/mol. The Morgan fingerprint density at radius 3 is 2.16 bits per heavy atom. The minimum absolute atomic E-state index is 0.000745. The van der Waals surface area contributed by atoms with Crippen molar-refractivity contribution >= 4 is 17.7 Å². The van der Waals surface area contributed by atoms with Crippen LogP contribution in [0.15, 0.2) is 0 Å². The number of ether oxygens (including phenoxy) is 5. The van der Waals surface area contributed by atoms with Crippen molar-refractivity contribution in [3.05, 3.63) is 0 Å². The second-order valence-electron chi connectivity index (χ2n) is 16.9. The topological polar surface area (TPSA) is 365 Å². The van der Waals surface area contributed by atoms with Crippen LogP contribution in [0.3, 0.4) is 0 Å². The third-order valence-electron chi connectivity index (χ3n) is 13.6. The van der Waals surface area contributed by atoms with Gasteiger partial charge < -0.3 is 90.0 Å². The molecule has 21 atom stereocenters. The molecule has 0 aromatic carbocycles. The van der Waals surface area contributed by atoms with E-state index in [0.29, 0.717) is 32.2 Å². The Hall–Kier alpha value is -2.03. The highest BCUT2D eigenvalue weighted by Crippen LogP contribution is 2.52. The molecule has 7 fully saturated rings. The Balaban J connectivity index is 1.17. The maximum absolute atomic E-state index is 13.9. The Morgan fingerprint density at radius 1 is 0.786 bits per heavy atom. The van der Waals surface area contributed by atoms with Gasteiger partial charge in [-0.1, -0.05) is 0 Å². The highest BCUT2D eigenvalue weighted by Gasteiger charge is 2.64. The highest BCUT2D eigenvalue weighted by molar-refractivity contribution is 5.83. The summed E-state index contributed by atoms with van der Waals surface area (Å²) >= 11 is 0. The van der Waals surface area contributed by atoms with Crippen LogP contribution >= 0.6 is 0 Å². The standard InChI is InChI=1S/C35H54N2O19/c36-20-4-2-12(10-37-20)13-5-6-34(55-19-9-18-22(23(41)21(13)19)16(40)8-17(52-18)11-1-3-14(38)15(39)7-11)28(45)25(43)24(42)27(56-34)32(49)54-33-26(44)29(46)35(50,51)30(53-33)31(47)48/h11-15,17-30,33,37-39,41-46,50-51H,1-10,36H2,(H,47,48)/t11?,12?,13-,14?,15?,17?,18?,19?,20?,21?,22?,23?,24-,25-,26+,27-,28+,29+,30+,33-,34-/m0/s1. The van der Waals surface area contributed by atoms with Gasteiger partial charge in [-0.25, -0.2) is 4.79 Å². The molecule has 7 rings (SSSR count). The second-order valence-corrected chi connectivity index (χ2v) is 16.9. The number of fused-ring (bicyclic) bond motifs is 2. The molecule has 2 aliphatic carbocycles. The zero-order valence-corrected chi connectivity index (χ0v) is 30.4. The molecule has 0 aromatic heterocycles. The van der Waals surface area contributed by atoms with Gasteiger partial charge in [-0.05, 0) is 43.9 Å². The number of Topliss-reactive ketones (excluding diaryl/α,β-unsaturated/α-hetero) is 1. The Morgan fingerprint density at radius 2 is 1.50 bits per heavy atom. The first-order valence-corrected chi connectivity index (χ1v) is 19.4. The predicted octanol–water partition coefficient (Wildman–Crippen LogP) is -8.12. The molecule has 14 N–H and O–H groups in total. The third kappa shape index (κ3) is 7.41. The van der Waals surface area contributed by atoms with Crippen LogP contribution in [0.2, 0.25) is 0 Å². The number of aliphatic carboxylic acids is 1. The zero-order valence-electron chi connectivity index (χ0n) is 30.4. The zero-order chi connectivity index (χ0) is 40.6. The summed E-state index contributed by atoms with van der Waals surface area (Å²) in [5, 5.41) is 120. The fourth-order valence-electron chi connectivity index (χ4n) is 10.4. The van der Waals surface area contributed by atoms with E-state index in [0.717, 1.165) is 0 Å². The van der Waals surface area contributed by atoms with E-state index < -0.39 is 121 Å². The Bertz CT molecular complexity index is 1470. The van der Waals surface area contributed by atoms with Crippen molar-refractivity contribution < 1.29 is 99.6 Å². The lowest BCUT2D eigenvalue weighted by Crippen LogP contribution is -2.95. The maximum atomic E-state index is 13.9. The molecule has 0 radical (unpaired) electrons. The smallest absolute Gasteiger partial charge is 0.340 e. The normalized spacial score (nSPS) is 52.3. The van der Waals surface area contributed by atoms with E-state index >= 15 is 0 Å². The van der Waals surface area contributed by atoms with Crippen LogP contribution in [0.4, 0.5) is 0 Å². The monoisotopic (exact) mass is 806 g/mol. The van der Waals surface area contributed by atoms with Gasteiger partial charge in [0.15, 0.2) is 18.0 Å². The first-order valence-electron chi connectivity index (χ1n) is 19.4. The van der Waals surface area contributed by atoms with E-state index in [2.05, 4.69) is 0 Å². The number of carboxylic acids is 1. The average Bonchev–Trinajstić information content (AvgIpc) is 3.31. The van der Waals surface area contributed by atoms with Crippen molar-refractivity contribution in [3.8, 4) is 0 Å². The molecule has 5 saturated heterocycles. The summed E-state index contributed by atoms with van der Waals surface area (Å²) in [6.45, 7) is 0.566. The summed E-state index contributed by atoms with van der Waals surface area (Å²) in [5.41, 5.74) is 6.17. The number of hydrogen-bond donors (Lipinski definition) is 12. The number of carbonyl (C=O) groups excluding carboxylic acids is 3. The molecule has 0 amide bonds. The number of carboxylic acid groups (broad SMARTS) is 1. The molecule has 318 valence electrons. The number of quaternary nitrogens is 1. The largest absolute Gasteiger partial charge is 0.547 e. The fraction of sp³-hybridized carbons (Fsp3) is 0.914. The van der Waals surface area contributed by atoms with Crippen molar-refractivity contribution in [2.45, 2.75) is 161 Å². The molecule has 2 saturated carbocycles. The summed E-state index contributed by atoms with van der Waals surface area (Å²) in [7, 11) is 0. The van der Waals surface area contributed by atoms with Gasteiger partial charge in [0.25, 0.3) is 0 Å². The van der Waals surface area contributed by atoms with E-state index in [4.69, 9.17) is 29.4 Å². The van der Waals surface area contributed by atoms with Gasteiger partial charge in [0.05, 0.1) is 55.1 Å². The summed E-state index contributed by atoms with van der Waals surface area (Å²) in [4.78, 5) is 39.0. The SMILES string of the molecule is NC1CCC([C@@H]2CC[C@]3(OC4CC5OC(C6CCC(O)C(O)C6)CC(=O)C5C(O)C42)O[C@H](C(=O)O[C@@H]2O[C@H](C(=O)[O-])C(O)(O)[C@H](O)[C@H]2O)[C@@H](O)[C@H](O)[C@H]3O)C[NH2+]1. The van der Waals surface area contributed by atoms with Gasteiger partial charge in [-0.3, -0.25) is 10.5 Å².